The molecule has 4 heterocycles. The molecule has 1 fully saturated rings. The van der Waals surface area contributed by atoms with Gasteiger partial charge >= 0.3 is 0 Å². The molecule has 0 unspecified atom stereocenters. The fourth-order valence-corrected chi connectivity index (χ4v) is 3.24. The Balaban J connectivity index is 1.48. The SMILES string of the molecule is Cc1nc([C@@H]2CCO[C@@H]2CN(C)C(=O)c2cn3ccccc3n2)n[nH]1. The molecule has 0 radical (unpaired) electrons. The van der Waals surface area contributed by atoms with Crippen molar-refractivity contribution in [3.05, 3.63) is 47.9 Å². The normalized spacial score (nSPS) is 20.2. The summed E-state index contributed by atoms with van der Waals surface area (Å²) in [6, 6.07) is 5.68. The summed E-state index contributed by atoms with van der Waals surface area (Å²) in [6.45, 7) is 3.00. The molecule has 0 spiro atoms. The molecule has 2 atom stereocenters. The number of carbonyl (C=O) groups is 1. The largest absolute Gasteiger partial charge is 0.376 e. The number of amides is 1. The number of imidazole rings is 1. The van der Waals surface area contributed by atoms with Gasteiger partial charge in [0.15, 0.2) is 5.82 Å². The number of hydrogen-bond acceptors (Lipinski definition) is 5. The highest BCUT2D eigenvalue weighted by Gasteiger charge is 2.34. The predicted molar refractivity (Wildman–Crippen MR) is 90.4 cm³/mol. The number of nitrogens with zero attached hydrogens (tertiary/aromatic N) is 5. The number of H-pyrrole nitrogens is 1. The van der Waals surface area contributed by atoms with Crippen LogP contribution in [0.25, 0.3) is 5.65 Å². The van der Waals surface area contributed by atoms with Gasteiger partial charge in [0.2, 0.25) is 0 Å². The van der Waals surface area contributed by atoms with Gasteiger partial charge in [-0.05, 0) is 25.5 Å². The molecule has 0 bridgehead atoms. The summed E-state index contributed by atoms with van der Waals surface area (Å²) in [4.78, 5) is 23.2. The zero-order valence-electron chi connectivity index (χ0n) is 14.2. The number of ether oxygens (including phenoxy) is 1. The maximum atomic E-state index is 12.7. The highest BCUT2D eigenvalue weighted by molar-refractivity contribution is 5.92. The Morgan fingerprint density at radius 1 is 1.44 bits per heavy atom. The Morgan fingerprint density at radius 3 is 3.08 bits per heavy atom. The minimum atomic E-state index is -0.121. The first-order valence-electron chi connectivity index (χ1n) is 8.31. The molecule has 8 heteroatoms. The van der Waals surface area contributed by atoms with Crippen LogP contribution in [0.15, 0.2) is 30.6 Å². The lowest BCUT2D eigenvalue weighted by molar-refractivity contribution is 0.0546. The molecule has 130 valence electrons. The van der Waals surface area contributed by atoms with E-state index in [0.717, 1.165) is 23.7 Å². The second kappa shape index (κ2) is 6.29. The van der Waals surface area contributed by atoms with Crippen molar-refractivity contribution in [3.63, 3.8) is 0 Å². The Kier molecular flexibility index (Phi) is 3.96. The van der Waals surface area contributed by atoms with E-state index in [2.05, 4.69) is 20.2 Å². The molecule has 3 aromatic heterocycles. The van der Waals surface area contributed by atoms with E-state index < -0.39 is 0 Å². The monoisotopic (exact) mass is 340 g/mol. The van der Waals surface area contributed by atoms with E-state index in [9.17, 15) is 4.79 Å². The highest BCUT2D eigenvalue weighted by Crippen LogP contribution is 2.29. The molecule has 3 aromatic rings. The first-order valence-corrected chi connectivity index (χ1v) is 8.31. The van der Waals surface area contributed by atoms with E-state index >= 15 is 0 Å². The number of pyridine rings is 1. The van der Waals surface area contributed by atoms with Gasteiger partial charge < -0.3 is 14.0 Å². The van der Waals surface area contributed by atoms with Crippen LogP contribution in [-0.2, 0) is 4.74 Å². The lowest BCUT2D eigenvalue weighted by atomic mass is 10.0. The lowest BCUT2D eigenvalue weighted by Crippen LogP contribution is -2.36. The van der Waals surface area contributed by atoms with Gasteiger partial charge in [-0.3, -0.25) is 9.89 Å². The quantitative estimate of drug-likeness (QED) is 0.776. The van der Waals surface area contributed by atoms with Gasteiger partial charge in [-0.15, -0.1) is 0 Å². The molecule has 1 amide bonds. The second-order valence-electron chi connectivity index (χ2n) is 6.36. The van der Waals surface area contributed by atoms with Gasteiger partial charge in [-0.25, -0.2) is 9.97 Å². The van der Waals surface area contributed by atoms with E-state index in [1.54, 1.807) is 18.1 Å². The first kappa shape index (κ1) is 15.8. The van der Waals surface area contributed by atoms with E-state index in [-0.39, 0.29) is 17.9 Å². The fourth-order valence-electron chi connectivity index (χ4n) is 3.24. The molecular weight excluding hydrogens is 320 g/mol. The maximum absolute atomic E-state index is 12.7. The number of aromatic nitrogens is 5. The van der Waals surface area contributed by atoms with E-state index in [0.29, 0.717) is 18.8 Å². The van der Waals surface area contributed by atoms with Crippen LogP contribution in [0.3, 0.4) is 0 Å². The molecule has 0 saturated carbocycles. The van der Waals surface area contributed by atoms with Crippen LogP contribution in [0.1, 0.15) is 34.5 Å². The second-order valence-corrected chi connectivity index (χ2v) is 6.36. The van der Waals surface area contributed by atoms with Crippen molar-refractivity contribution < 1.29 is 9.53 Å². The van der Waals surface area contributed by atoms with Gasteiger partial charge in [0.1, 0.15) is 17.2 Å². The number of hydrogen-bond donors (Lipinski definition) is 1. The number of aryl methyl sites for hydroxylation is 1. The van der Waals surface area contributed by atoms with Crippen molar-refractivity contribution in [1.82, 2.24) is 29.5 Å². The van der Waals surface area contributed by atoms with Crippen LogP contribution < -0.4 is 0 Å². The van der Waals surface area contributed by atoms with Gasteiger partial charge in [0.05, 0.1) is 12.0 Å². The predicted octanol–water partition coefficient (Wildman–Crippen LogP) is 1.41. The average Bonchev–Trinajstić information content (AvgIpc) is 3.32. The Labute approximate surface area is 144 Å². The summed E-state index contributed by atoms with van der Waals surface area (Å²) >= 11 is 0. The standard InChI is InChI=1S/C17H20N6O2/c1-11-18-16(21-20-11)12-6-8-25-14(12)10-22(2)17(24)13-9-23-7-4-3-5-15(23)19-13/h3-5,7,9,12,14H,6,8,10H2,1-2H3,(H,18,20,21)/t12-,14-/m1/s1. The zero-order valence-corrected chi connectivity index (χ0v) is 14.2. The van der Waals surface area contributed by atoms with Crippen LogP contribution in [-0.4, -0.2) is 61.7 Å². The summed E-state index contributed by atoms with van der Waals surface area (Å²) in [5.41, 5.74) is 1.18. The molecular formula is C17H20N6O2. The minimum Gasteiger partial charge on any atom is -0.376 e. The van der Waals surface area contributed by atoms with Gasteiger partial charge in [0.25, 0.3) is 5.91 Å². The smallest absolute Gasteiger partial charge is 0.273 e. The molecule has 0 aliphatic carbocycles. The molecule has 0 aromatic carbocycles. The lowest BCUT2D eigenvalue weighted by Gasteiger charge is -2.23. The summed E-state index contributed by atoms with van der Waals surface area (Å²) < 4.78 is 7.67. The molecule has 25 heavy (non-hydrogen) atoms. The Bertz CT molecular complexity index is 868. The van der Waals surface area contributed by atoms with Crippen molar-refractivity contribution in [2.45, 2.75) is 25.4 Å². The van der Waals surface area contributed by atoms with Gasteiger partial charge in [-0.1, -0.05) is 6.07 Å². The van der Waals surface area contributed by atoms with Crippen LogP contribution >= 0.6 is 0 Å². The Morgan fingerprint density at radius 2 is 2.32 bits per heavy atom. The van der Waals surface area contributed by atoms with Crippen LogP contribution in [0.5, 0.6) is 0 Å². The van der Waals surface area contributed by atoms with Crippen molar-refractivity contribution in [2.75, 3.05) is 20.2 Å². The molecule has 8 nitrogen and oxygen atoms in total. The number of carbonyl (C=O) groups excluding carboxylic acids is 1. The molecule has 1 aliphatic heterocycles. The van der Waals surface area contributed by atoms with E-state index in [1.807, 2.05) is 35.7 Å². The van der Waals surface area contributed by atoms with E-state index in [1.165, 1.54) is 0 Å². The average molecular weight is 340 g/mol. The summed E-state index contributed by atoms with van der Waals surface area (Å²) in [5, 5.41) is 7.12. The third-order valence-electron chi connectivity index (χ3n) is 4.54. The van der Waals surface area contributed by atoms with Crippen LogP contribution in [0, 0.1) is 6.92 Å². The topological polar surface area (TPSA) is 88.4 Å². The van der Waals surface area contributed by atoms with Gasteiger partial charge in [0, 0.05) is 32.6 Å². The maximum Gasteiger partial charge on any atom is 0.273 e. The summed E-state index contributed by atoms with van der Waals surface area (Å²) in [6.07, 6.45) is 4.38. The van der Waals surface area contributed by atoms with Crippen LogP contribution in [0.2, 0.25) is 0 Å². The Hall–Kier alpha value is -2.74. The summed E-state index contributed by atoms with van der Waals surface area (Å²) in [5.74, 6) is 1.52. The molecule has 1 aliphatic rings. The molecule has 4 rings (SSSR count). The highest BCUT2D eigenvalue weighted by atomic mass is 16.5. The minimum absolute atomic E-state index is 0.0984. The fraction of sp³-hybridized carbons (Fsp3) is 0.412. The third kappa shape index (κ3) is 3.00. The zero-order chi connectivity index (χ0) is 17.4. The van der Waals surface area contributed by atoms with Crippen LogP contribution in [0.4, 0.5) is 0 Å². The number of nitrogens with one attached hydrogen (secondary N) is 1. The number of likely N-dealkylation sites (N-methyl/N-ethyl adjacent to an activating group) is 1. The van der Waals surface area contributed by atoms with Gasteiger partial charge in [-0.2, -0.15) is 5.10 Å². The number of aromatic amines is 1. The van der Waals surface area contributed by atoms with Crippen molar-refractivity contribution in [2.24, 2.45) is 0 Å². The molecule has 1 saturated heterocycles. The van der Waals surface area contributed by atoms with Crippen molar-refractivity contribution in [3.8, 4) is 0 Å². The summed E-state index contributed by atoms with van der Waals surface area (Å²) in [7, 11) is 1.77. The van der Waals surface area contributed by atoms with Crippen molar-refractivity contribution >= 4 is 11.6 Å². The number of rotatable bonds is 4. The number of fused-ring (bicyclic) bond motifs is 1. The van der Waals surface area contributed by atoms with Crippen molar-refractivity contribution in [1.29, 1.82) is 0 Å². The van der Waals surface area contributed by atoms with E-state index in [4.69, 9.17) is 4.74 Å². The molecule has 1 N–H and O–H groups in total. The third-order valence-corrected chi connectivity index (χ3v) is 4.54. The first-order chi connectivity index (χ1) is 12.1.